The molecule has 210 valence electrons. The van der Waals surface area contributed by atoms with E-state index >= 15 is 0 Å². The van der Waals surface area contributed by atoms with Crippen LogP contribution in [0.15, 0.2) is 120 Å². The number of benzene rings is 5. The number of para-hydroxylation sites is 1. The molecule has 0 spiro atoms. The molecule has 2 heterocycles. The van der Waals surface area contributed by atoms with Crippen molar-refractivity contribution in [3.8, 4) is 11.1 Å². The topological polar surface area (TPSA) is 72.6 Å². The molecule has 1 aromatic heterocycles. The smallest absolute Gasteiger partial charge is 0.137 e. The van der Waals surface area contributed by atoms with Gasteiger partial charge in [0.25, 0.3) is 0 Å². The highest BCUT2D eigenvalue weighted by Crippen LogP contribution is 2.49. The van der Waals surface area contributed by atoms with E-state index in [1.54, 1.807) is 0 Å². The van der Waals surface area contributed by atoms with E-state index in [-0.39, 0.29) is 5.41 Å². The van der Waals surface area contributed by atoms with Crippen LogP contribution in [0.2, 0.25) is 0 Å². The monoisotopic (exact) mass is 559 g/mol. The first-order chi connectivity index (χ1) is 20.8. The van der Waals surface area contributed by atoms with Crippen molar-refractivity contribution in [2.24, 2.45) is 16.5 Å². The van der Waals surface area contributed by atoms with Gasteiger partial charge in [-0.25, -0.2) is 0 Å². The first kappa shape index (κ1) is 25.4. The summed E-state index contributed by atoms with van der Waals surface area (Å²) in [6, 6.07) is 36.6. The highest BCUT2D eigenvalue weighted by molar-refractivity contribution is 6.14. The predicted molar refractivity (Wildman–Crippen MR) is 181 cm³/mol. The van der Waals surface area contributed by atoms with Crippen LogP contribution in [0.5, 0.6) is 0 Å². The van der Waals surface area contributed by atoms with Crippen molar-refractivity contribution in [3.05, 3.63) is 131 Å². The summed E-state index contributed by atoms with van der Waals surface area (Å²) in [4.78, 5) is 7.04. The molecule has 0 saturated heterocycles. The fourth-order valence-electron chi connectivity index (χ4n) is 7.14. The first-order valence-corrected chi connectivity index (χ1v) is 14.8. The molecule has 5 heteroatoms. The average Bonchev–Trinajstić information content (AvgIpc) is 3.47. The molecular weight excluding hydrogens is 526 g/mol. The maximum atomic E-state index is 7.16. The van der Waals surface area contributed by atoms with Crippen LogP contribution in [0.25, 0.3) is 55.2 Å². The molecular formula is C38H33N5. The number of hydrogen-bond acceptors (Lipinski definition) is 4. The van der Waals surface area contributed by atoms with Gasteiger partial charge in [-0.15, -0.1) is 0 Å². The Bertz CT molecular complexity index is 2230. The Morgan fingerprint density at radius 1 is 0.721 bits per heavy atom. The van der Waals surface area contributed by atoms with Gasteiger partial charge in [0, 0.05) is 29.4 Å². The zero-order valence-electron chi connectivity index (χ0n) is 24.6. The summed E-state index contributed by atoms with van der Waals surface area (Å²) in [7, 11) is 2.05. The summed E-state index contributed by atoms with van der Waals surface area (Å²) in [5.41, 5.74) is 24.5. The molecule has 0 radical (unpaired) electrons. The number of nitrogens with zero attached hydrogens (tertiary/aromatic N) is 3. The van der Waals surface area contributed by atoms with Crippen molar-refractivity contribution in [1.82, 2.24) is 9.47 Å². The normalized spacial score (nSPS) is 17.9. The number of aromatic nitrogens is 1. The van der Waals surface area contributed by atoms with Crippen LogP contribution < -0.4 is 11.5 Å². The van der Waals surface area contributed by atoms with E-state index < -0.39 is 0 Å². The molecule has 2 aliphatic rings. The minimum atomic E-state index is -0.118. The van der Waals surface area contributed by atoms with Crippen molar-refractivity contribution in [1.29, 1.82) is 0 Å². The molecule has 0 bridgehead atoms. The highest BCUT2D eigenvalue weighted by atomic mass is 15.2. The summed E-state index contributed by atoms with van der Waals surface area (Å²) in [6.07, 6.45) is 1.91. The number of hydrogen-bond donors (Lipinski definition) is 2. The second-order valence-electron chi connectivity index (χ2n) is 12.2. The Kier molecular flexibility index (Phi) is 5.38. The zero-order valence-corrected chi connectivity index (χ0v) is 24.6. The fourth-order valence-corrected chi connectivity index (χ4v) is 7.14. The van der Waals surface area contributed by atoms with Gasteiger partial charge in [0.1, 0.15) is 11.5 Å². The molecule has 1 aliphatic carbocycles. The van der Waals surface area contributed by atoms with E-state index in [4.69, 9.17) is 16.5 Å². The Morgan fingerprint density at radius 2 is 1.42 bits per heavy atom. The van der Waals surface area contributed by atoms with E-state index in [0.29, 0.717) is 23.8 Å². The van der Waals surface area contributed by atoms with Gasteiger partial charge in [0.15, 0.2) is 0 Å². The molecule has 6 aromatic rings. The average molecular weight is 560 g/mol. The third kappa shape index (κ3) is 3.61. The van der Waals surface area contributed by atoms with Crippen molar-refractivity contribution < 1.29 is 0 Å². The summed E-state index contributed by atoms with van der Waals surface area (Å²) >= 11 is 0. The molecule has 0 saturated carbocycles. The minimum Gasteiger partial charge on any atom is -0.396 e. The molecule has 8 rings (SSSR count). The summed E-state index contributed by atoms with van der Waals surface area (Å²) in [6.45, 7) is 5.22. The lowest BCUT2D eigenvalue weighted by Crippen LogP contribution is -2.29. The van der Waals surface area contributed by atoms with Crippen LogP contribution in [-0.4, -0.2) is 29.3 Å². The Hall–Kier alpha value is -5.29. The lowest BCUT2D eigenvalue weighted by Gasteiger charge is -2.29. The van der Waals surface area contributed by atoms with Crippen LogP contribution in [0.1, 0.15) is 30.5 Å². The van der Waals surface area contributed by atoms with Gasteiger partial charge in [0.05, 0.1) is 29.0 Å². The lowest BCUT2D eigenvalue weighted by molar-refractivity contribution is 0.481. The largest absolute Gasteiger partial charge is 0.396 e. The minimum absolute atomic E-state index is 0.118. The number of aliphatic imine (C=N–C) groups is 1. The molecule has 5 nitrogen and oxygen atoms in total. The number of fused-ring (bicyclic) bond motifs is 7. The zero-order chi connectivity index (χ0) is 29.5. The van der Waals surface area contributed by atoms with Gasteiger partial charge in [-0.3, -0.25) is 9.56 Å². The molecule has 4 N–H and O–H groups in total. The molecule has 43 heavy (non-hydrogen) atoms. The highest BCUT2D eigenvalue weighted by Gasteiger charge is 2.35. The Balaban J connectivity index is 1.36. The number of rotatable bonds is 2. The maximum absolute atomic E-state index is 7.16. The molecule has 0 atom stereocenters. The SMILES string of the molecule is CN1CC=NC(=C(N)n2c3ccccc3c3cc4ccccc4cc32)C1=C(N)c1ccc2c(c1)C(C)(C)c1ccccc1-2. The van der Waals surface area contributed by atoms with E-state index in [0.717, 1.165) is 38.5 Å². The van der Waals surface area contributed by atoms with Crippen LogP contribution >= 0.6 is 0 Å². The van der Waals surface area contributed by atoms with Crippen molar-refractivity contribution in [2.75, 3.05) is 13.6 Å². The molecule has 1 aliphatic heterocycles. The third-order valence-electron chi connectivity index (χ3n) is 9.36. The first-order valence-electron chi connectivity index (χ1n) is 14.8. The third-order valence-corrected chi connectivity index (χ3v) is 9.36. The fraction of sp³-hybridized carbons (Fsp3) is 0.132. The van der Waals surface area contributed by atoms with Crippen LogP contribution in [0.3, 0.4) is 0 Å². The molecule has 5 aromatic carbocycles. The molecule has 0 fully saturated rings. The van der Waals surface area contributed by atoms with Gasteiger partial charge < -0.3 is 16.4 Å². The van der Waals surface area contributed by atoms with E-state index in [1.165, 1.54) is 27.6 Å². The van der Waals surface area contributed by atoms with E-state index in [2.05, 4.69) is 126 Å². The van der Waals surface area contributed by atoms with Crippen LogP contribution in [-0.2, 0) is 5.41 Å². The van der Waals surface area contributed by atoms with E-state index in [1.807, 2.05) is 13.3 Å². The lowest BCUT2D eigenvalue weighted by atomic mass is 9.82. The van der Waals surface area contributed by atoms with E-state index in [9.17, 15) is 0 Å². The van der Waals surface area contributed by atoms with Crippen LogP contribution in [0, 0.1) is 0 Å². The summed E-state index contributed by atoms with van der Waals surface area (Å²) < 4.78 is 2.14. The van der Waals surface area contributed by atoms with Gasteiger partial charge in [0.2, 0.25) is 0 Å². The van der Waals surface area contributed by atoms with Crippen molar-refractivity contribution in [2.45, 2.75) is 19.3 Å². The predicted octanol–water partition coefficient (Wildman–Crippen LogP) is 7.68. The standard InChI is InChI=1S/C38H33N5/c1-38(2)30-14-8-6-12-26(30)27-17-16-25(21-31(27)38)34(39)36-35(41-18-19-42(36)3)37(40)43-32-15-9-7-13-28(32)29-20-23-10-4-5-11-24(23)22-33(29)43/h4-18,20-22H,19,39-40H2,1-3H3. The molecule has 0 amide bonds. The van der Waals surface area contributed by atoms with Gasteiger partial charge in [-0.1, -0.05) is 92.7 Å². The van der Waals surface area contributed by atoms with Gasteiger partial charge >= 0.3 is 0 Å². The summed E-state index contributed by atoms with van der Waals surface area (Å²) in [5.74, 6) is 0.552. The van der Waals surface area contributed by atoms with Gasteiger partial charge in [-0.2, -0.15) is 0 Å². The van der Waals surface area contributed by atoms with Crippen molar-refractivity contribution >= 4 is 50.3 Å². The van der Waals surface area contributed by atoms with Crippen molar-refractivity contribution in [3.63, 3.8) is 0 Å². The maximum Gasteiger partial charge on any atom is 0.137 e. The quantitative estimate of drug-likeness (QED) is 0.229. The number of nitrogens with two attached hydrogens (primary N) is 2. The summed E-state index contributed by atoms with van der Waals surface area (Å²) in [5, 5.41) is 4.67. The second-order valence-corrected chi connectivity index (χ2v) is 12.2. The number of likely N-dealkylation sites (N-methyl/N-ethyl adjacent to an activating group) is 1. The van der Waals surface area contributed by atoms with Gasteiger partial charge in [-0.05, 0) is 62.9 Å². The Morgan fingerprint density at radius 3 is 2.26 bits per heavy atom. The molecule has 0 unspecified atom stereocenters. The van der Waals surface area contributed by atoms with Crippen LogP contribution in [0.4, 0.5) is 0 Å². The second kappa shape index (κ2) is 9.10. The Labute approximate surface area is 251 Å².